The second-order valence-corrected chi connectivity index (χ2v) is 6.31. The lowest BCUT2D eigenvalue weighted by molar-refractivity contribution is 0.388. The number of hydrogen-bond acceptors (Lipinski definition) is 4. The van der Waals surface area contributed by atoms with Gasteiger partial charge in [0.2, 0.25) is 0 Å². The van der Waals surface area contributed by atoms with Crippen LogP contribution in [0.4, 0.5) is 5.82 Å². The predicted molar refractivity (Wildman–Crippen MR) is 89.8 cm³/mol. The molecular formula is C18H24N4. The Labute approximate surface area is 132 Å². The van der Waals surface area contributed by atoms with Gasteiger partial charge in [-0.2, -0.15) is 0 Å². The van der Waals surface area contributed by atoms with Gasteiger partial charge in [0.25, 0.3) is 0 Å². The molecule has 2 atom stereocenters. The minimum Gasteiger partial charge on any atom is -0.354 e. The molecule has 1 fully saturated rings. The summed E-state index contributed by atoms with van der Waals surface area (Å²) >= 11 is 0. The molecular weight excluding hydrogens is 272 g/mol. The van der Waals surface area contributed by atoms with Crippen LogP contribution in [0.1, 0.15) is 39.3 Å². The normalized spacial score (nSPS) is 21.9. The number of anilines is 1. The van der Waals surface area contributed by atoms with Crippen LogP contribution in [0.5, 0.6) is 0 Å². The number of aryl methyl sites for hydroxylation is 1. The van der Waals surface area contributed by atoms with Crippen molar-refractivity contribution in [1.82, 2.24) is 15.0 Å². The predicted octanol–water partition coefficient (Wildman–Crippen LogP) is 3.73. The Morgan fingerprint density at radius 1 is 1.14 bits per heavy atom. The fraction of sp³-hybridized carbons (Fsp3) is 0.500. The first kappa shape index (κ1) is 14.9. The molecule has 0 spiro atoms. The summed E-state index contributed by atoms with van der Waals surface area (Å²) in [6, 6.07) is 6.64. The monoisotopic (exact) mass is 296 g/mol. The van der Waals surface area contributed by atoms with Crippen molar-refractivity contribution in [2.75, 3.05) is 11.4 Å². The number of nitrogens with zero attached hydrogens (tertiary/aromatic N) is 4. The number of rotatable bonds is 3. The van der Waals surface area contributed by atoms with Crippen LogP contribution >= 0.6 is 0 Å². The molecule has 0 aliphatic carbocycles. The van der Waals surface area contributed by atoms with E-state index in [1.165, 1.54) is 12.8 Å². The van der Waals surface area contributed by atoms with Gasteiger partial charge in [0, 0.05) is 42.3 Å². The summed E-state index contributed by atoms with van der Waals surface area (Å²) in [6.45, 7) is 7.85. The lowest BCUT2D eigenvalue weighted by Gasteiger charge is -2.38. The average molecular weight is 296 g/mol. The Morgan fingerprint density at radius 3 is 2.64 bits per heavy atom. The summed E-state index contributed by atoms with van der Waals surface area (Å²) in [5, 5.41) is 0. The van der Waals surface area contributed by atoms with E-state index in [4.69, 9.17) is 9.97 Å². The maximum Gasteiger partial charge on any atom is 0.161 e. The molecule has 3 rings (SSSR count). The van der Waals surface area contributed by atoms with Crippen molar-refractivity contribution in [2.45, 2.75) is 46.1 Å². The molecule has 0 bridgehead atoms. The molecule has 0 radical (unpaired) electrons. The van der Waals surface area contributed by atoms with Gasteiger partial charge in [-0.1, -0.05) is 13.8 Å². The van der Waals surface area contributed by atoms with E-state index in [2.05, 4.69) is 36.7 Å². The fourth-order valence-electron chi connectivity index (χ4n) is 3.05. The van der Waals surface area contributed by atoms with Gasteiger partial charge in [-0.05, 0) is 44.2 Å². The van der Waals surface area contributed by atoms with E-state index in [0.29, 0.717) is 6.04 Å². The van der Waals surface area contributed by atoms with Crippen LogP contribution in [0.3, 0.4) is 0 Å². The molecule has 3 heterocycles. The summed E-state index contributed by atoms with van der Waals surface area (Å²) in [7, 11) is 0. The zero-order valence-electron chi connectivity index (χ0n) is 13.7. The van der Waals surface area contributed by atoms with Gasteiger partial charge >= 0.3 is 0 Å². The highest BCUT2D eigenvalue weighted by molar-refractivity contribution is 5.57. The zero-order valence-corrected chi connectivity index (χ0v) is 13.7. The van der Waals surface area contributed by atoms with E-state index in [9.17, 15) is 0 Å². The third-order valence-electron chi connectivity index (χ3n) is 4.48. The Hall–Kier alpha value is -1.97. The fourth-order valence-corrected chi connectivity index (χ4v) is 3.05. The first-order valence-corrected chi connectivity index (χ1v) is 8.22. The molecule has 2 unspecified atom stereocenters. The van der Waals surface area contributed by atoms with E-state index in [0.717, 1.165) is 41.8 Å². The number of piperidine rings is 1. The molecule has 2 aromatic heterocycles. The van der Waals surface area contributed by atoms with Crippen LogP contribution in [0.2, 0.25) is 0 Å². The third-order valence-corrected chi connectivity index (χ3v) is 4.48. The molecule has 116 valence electrons. The maximum atomic E-state index is 4.85. The van der Waals surface area contributed by atoms with Gasteiger partial charge in [-0.15, -0.1) is 0 Å². The number of aromatic nitrogens is 3. The summed E-state index contributed by atoms with van der Waals surface area (Å²) in [4.78, 5) is 16.1. The van der Waals surface area contributed by atoms with Gasteiger partial charge in [-0.3, -0.25) is 4.98 Å². The van der Waals surface area contributed by atoms with Gasteiger partial charge in [0.05, 0.1) is 0 Å². The molecule has 1 saturated heterocycles. The largest absolute Gasteiger partial charge is 0.354 e. The quantitative estimate of drug-likeness (QED) is 0.865. The van der Waals surface area contributed by atoms with Crippen LogP contribution in [0.25, 0.3) is 11.4 Å². The molecule has 0 N–H and O–H groups in total. The zero-order chi connectivity index (χ0) is 15.5. The second-order valence-electron chi connectivity index (χ2n) is 6.31. The van der Waals surface area contributed by atoms with E-state index >= 15 is 0 Å². The van der Waals surface area contributed by atoms with Gasteiger partial charge in [-0.25, -0.2) is 9.97 Å². The molecule has 4 nitrogen and oxygen atoms in total. The standard InChI is InChI=1S/C18H24N4/c1-4-16-11-17(22-12-13(2)5-6-14(22)3)21-18(20-16)15-7-9-19-10-8-15/h7-11,13-14H,4-6,12H2,1-3H3. The van der Waals surface area contributed by atoms with Crippen molar-refractivity contribution in [2.24, 2.45) is 5.92 Å². The lowest BCUT2D eigenvalue weighted by atomic mass is 9.95. The second kappa shape index (κ2) is 6.42. The van der Waals surface area contributed by atoms with Crippen LogP contribution in [0, 0.1) is 5.92 Å². The molecule has 0 aromatic carbocycles. The summed E-state index contributed by atoms with van der Waals surface area (Å²) < 4.78 is 0. The Balaban J connectivity index is 2.00. The average Bonchev–Trinajstić information content (AvgIpc) is 2.57. The van der Waals surface area contributed by atoms with Crippen molar-refractivity contribution in [3.8, 4) is 11.4 Å². The summed E-state index contributed by atoms with van der Waals surface area (Å²) in [5.74, 6) is 2.60. The maximum absolute atomic E-state index is 4.85. The van der Waals surface area contributed by atoms with Crippen molar-refractivity contribution in [3.05, 3.63) is 36.3 Å². The van der Waals surface area contributed by atoms with Crippen LogP contribution in [-0.4, -0.2) is 27.5 Å². The minimum atomic E-state index is 0.543. The number of hydrogen-bond donors (Lipinski definition) is 0. The van der Waals surface area contributed by atoms with Crippen molar-refractivity contribution >= 4 is 5.82 Å². The summed E-state index contributed by atoms with van der Waals surface area (Å²) in [6.07, 6.45) is 7.05. The van der Waals surface area contributed by atoms with Gasteiger partial charge in [0.15, 0.2) is 5.82 Å². The Kier molecular flexibility index (Phi) is 4.36. The minimum absolute atomic E-state index is 0.543. The van der Waals surface area contributed by atoms with Crippen LogP contribution in [-0.2, 0) is 6.42 Å². The van der Waals surface area contributed by atoms with Crippen molar-refractivity contribution in [1.29, 1.82) is 0 Å². The molecule has 1 aliphatic heterocycles. The summed E-state index contributed by atoms with van der Waals surface area (Å²) in [5.41, 5.74) is 2.13. The SMILES string of the molecule is CCc1cc(N2CC(C)CCC2C)nc(-c2ccncc2)n1. The molecule has 22 heavy (non-hydrogen) atoms. The molecule has 1 aliphatic rings. The molecule has 4 heteroatoms. The van der Waals surface area contributed by atoms with Crippen molar-refractivity contribution < 1.29 is 0 Å². The van der Waals surface area contributed by atoms with Crippen LogP contribution < -0.4 is 4.90 Å². The third kappa shape index (κ3) is 3.11. The van der Waals surface area contributed by atoms with E-state index < -0.39 is 0 Å². The van der Waals surface area contributed by atoms with Crippen molar-refractivity contribution in [3.63, 3.8) is 0 Å². The van der Waals surface area contributed by atoms with E-state index in [-0.39, 0.29) is 0 Å². The van der Waals surface area contributed by atoms with Crippen LogP contribution in [0.15, 0.2) is 30.6 Å². The topological polar surface area (TPSA) is 41.9 Å². The highest BCUT2D eigenvalue weighted by atomic mass is 15.2. The molecule has 0 amide bonds. The lowest BCUT2D eigenvalue weighted by Crippen LogP contribution is -2.41. The van der Waals surface area contributed by atoms with Gasteiger partial charge < -0.3 is 4.90 Å². The van der Waals surface area contributed by atoms with Gasteiger partial charge in [0.1, 0.15) is 5.82 Å². The molecule has 0 saturated carbocycles. The molecule has 2 aromatic rings. The Morgan fingerprint density at radius 2 is 1.91 bits per heavy atom. The first-order chi connectivity index (χ1) is 10.7. The first-order valence-electron chi connectivity index (χ1n) is 8.22. The highest BCUT2D eigenvalue weighted by Crippen LogP contribution is 2.28. The van der Waals surface area contributed by atoms with E-state index in [1.54, 1.807) is 12.4 Å². The number of pyridine rings is 1. The van der Waals surface area contributed by atoms with E-state index in [1.807, 2.05) is 12.1 Å². The Bertz CT molecular complexity index is 626. The highest BCUT2D eigenvalue weighted by Gasteiger charge is 2.24. The smallest absolute Gasteiger partial charge is 0.161 e.